The molecule has 0 saturated heterocycles. The average molecular weight is 296 g/mol. The van der Waals surface area contributed by atoms with Gasteiger partial charge in [-0.15, -0.1) is 0 Å². The van der Waals surface area contributed by atoms with Crippen molar-refractivity contribution in [2.45, 2.75) is 26.8 Å². The van der Waals surface area contributed by atoms with Gasteiger partial charge < -0.3 is 25.2 Å². The van der Waals surface area contributed by atoms with Gasteiger partial charge in [-0.2, -0.15) is 0 Å². The number of aromatic hydroxyl groups is 1. The van der Waals surface area contributed by atoms with Gasteiger partial charge in [0, 0.05) is 49.7 Å². The van der Waals surface area contributed by atoms with E-state index in [2.05, 4.69) is 4.90 Å². The van der Waals surface area contributed by atoms with E-state index in [9.17, 15) is 5.11 Å². The number of nitrogens with zero attached hydrogens (tertiary/aromatic N) is 1. The maximum atomic E-state index is 10.1. The third-order valence-electron chi connectivity index (χ3n) is 3.29. The Labute approximate surface area is 127 Å². The van der Waals surface area contributed by atoms with Gasteiger partial charge in [0.25, 0.3) is 0 Å². The van der Waals surface area contributed by atoms with Crippen LogP contribution < -0.4 is 10.6 Å². The summed E-state index contributed by atoms with van der Waals surface area (Å²) >= 11 is 0. The first kappa shape index (κ1) is 17.8. The van der Waals surface area contributed by atoms with Crippen molar-refractivity contribution in [3.8, 4) is 5.75 Å². The summed E-state index contributed by atoms with van der Waals surface area (Å²) in [4.78, 5) is 2.15. The Morgan fingerprint density at radius 1 is 1.14 bits per heavy atom. The zero-order valence-electron chi connectivity index (χ0n) is 13.3. The number of nitrogens with two attached hydrogens (primary N) is 1. The van der Waals surface area contributed by atoms with Crippen LogP contribution in [0.1, 0.15) is 32.4 Å². The van der Waals surface area contributed by atoms with Crippen LogP contribution in [0.4, 0.5) is 5.69 Å². The molecule has 120 valence electrons. The lowest BCUT2D eigenvalue weighted by Gasteiger charge is -2.25. The average Bonchev–Trinajstić information content (AvgIpc) is 2.45. The molecule has 0 aromatic heterocycles. The largest absolute Gasteiger partial charge is 0.508 e. The molecule has 5 heteroatoms. The van der Waals surface area contributed by atoms with Gasteiger partial charge in [0.2, 0.25) is 0 Å². The number of phenols is 1. The molecule has 0 amide bonds. The van der Waals surface area contributed by atoms with Crippen molar-refractivity contribution in [1.82, 2.24) is 0 Å². The monoisotopic (exact) mass is 296 g/mol. The van der Waals surface area contributed by atoms with Crippen molar-refractivity contribution in [1.29, 1.82) is 0 Å². The first-order valence-corrected chi connectivity index (χ1v) is 7.59. The fourth-order valence-corrected chi connectivity index (χ4v) is 2.12. The summed E-state index contributed by atoms with van der Waals surface area (Å²) < 4.78 is 10.8. The molecule has 0 aliphatic carbocycles. The Hall–Kier alpha value is -1.30. The summed E-state index contributed by atoms with van der Waals surface area (Å²) in [6, 6.07) is 5.44. The van der Waals surface area contributed by atoms with Crippen molar-refractivity contribution >= 4 is 5.69 Å². The predicted octanol–water partition coefficient (Wildman–Crippen LogP) is 2.29. The molecule has 1 unspecified atom stereocenters. The fraction of sp³-hybridized carbons (Fsp3) is 0.625. The molecule has 0 fully saturated rings. The minimum absolute atomic E-state index is 0.181. The Kier molecular flexibility index (Phi) is 8.12. The third-order valence-corrected chi connectivity index (χ3v) is 3.29. The Balaban J connectivity index is 2.77. The van der Waals surface area contributed by atoms with Crippen LogP contribution in [-0.2, 0) is 9.47 Å². The van der Waals surface area contributed by atoms with Gasteiger partial charge >= 0.3 is 0 Å². The van der Waals surface area contributed by atoms with E-state index in [1.807, 2.05) is 32.9 Å². The van der Waals surface area contributed by atoms with Crippen LogP contribution in [0.3, 0.4) is 0 Å². The Bertz CT molecular complexity index is 401. The molecule has 0 bridgehead atoms. The number of ether oxygens (including phenoxy) is 2. The smallest absolute Gasteiger partial charge is 0.122 e. The van der Waals surface area contributed by atoms with Crippen molar-refractivity contribution in [2.75, 3.05) is 44.4 Å². The predicted molar refractivity (Wildman–Crippen MR) is 85.9 cm³/mol. The second-order valence-corrected chi connectivity index (χ2v) is 4.91. The third kappa shape index (κ3) is 5.91. The number of rotatable bonds is 10. The van der Waals surface area contributed by atoms with Crippen LogP contribution in [0.25, 0.3) is 0 Å². The highest BCUT2D eigenvalue weighted by Crippen LogP contribution is 2.28. The van der Waals surface area contributed by atoms with Crippen LogP contribution in [0, 0.1) is 0 Å². The van der Waals surface area contributed by atoms with Crippen LogP contribution >= 0.6 is 0 Å². The van der Waals surface area contributed by atoms with Gasteiger partial charge in [-0.1, -0.05) is 6.07 Å². The number of hydrogen-bond donors (Lipinski definition) is 2. The van der Waals surface area contributed by atoms with Crippen molar-refractivity contribution in [3.63, 3.8) is 0 Å². The molecule has 1 aromatic carbocycles. The molecule has 0 saturated carbocycles. The maximum absolute atomic E-state index is 10.1. The zero-order chi connectivity index (χ0) is 15.7. The zero-order valence-corrected chi connectivity index (χ0v) is 13.3. The van der Waals surface area contributed by atoms with Gasteiger partial charge in [0.15, 0.2) is 0 Å². The molecule has 21 heavy (non-hydrogen) atoms. The van der Waals surface area contributed by atoms with E-state index in [4.69, 9.17) is 15.2 Å². The van der Waals surface area contributed by atoms with E-state index in [1.165, 1.54) is 0 Å². The second kappa shape index (κ2) is 9.60. The molecular formula is C16H28N2O3. The van der Waals surface area contributed by atoms with Gasteiger partial charge in [0.1, 0.15) is 5.75 Å². The summed E-state index contributed by atoms with van der Waals surface area (Å²) in [7, 11) is 0. The first-order chi connectivity index (χ1) is 10.1. The molecule has 1 aromatic rings. The summed E-state index contributed by atoms with van der Waals surface area (Å²) in [6.45, 7) is 10.0. The minimum Gasteiger partial charge on any atom is -0.508 e. The molecule has 0 radical (unpaired) electrons. The van der Waals surface area contributed by atoms with E-state index in [-0.39, 0.29) is 11.8 Å². The number of phenolic OH excluding ortho intramolecular Hbond substituents is 1. The Morgan fingerprint density at radius 3 is 2.14 bits per heavy atom. The normalized spacial score (nSPS) is 12.4. The molecule has 0 aliphatic heterocycles. The van der Waals surface area contributed by atoms with Crippen molar-refractivity contribution < 1.29 is 14.6 Å². The lowest BCUT2D eigenvalue weighted by molar-refractivity contribution is 0.141. The summed E-state index contributed by atoms with van der Waals surface area (Å²) in [5.74, 6) is 0.236. The fourth-order valence-electron chi connectivity index (χ4n) is 2.12. The van der Waals surface area contributed by atoms with Gasteiger partial charge in [-0.05, 0) is 26.8 Å². The van der Waals surface area contributed by atoms with Crippen LogP contribution in [0.2, 0.25) is 0 Å². The maximum Gasteiger partial charge on any atom is 0.122 e. The molecule has 1 rings (SSSR count). The van der Waals surface area contributed by atoms with E-state index >= 15 is 0 Å². The standard InChI is InChI=1S/C16H28N2O3/c1-4-20-10-8-18(9-11-21-5-2)14-6-7-15(13(3)17)16(19)12-14/h6-7,12-13,19H,4-5,8-11,17H2,1-3H3. The van der Waals surface area contributed by atoms with Gasteiger partial charge in [-0.3, -0.25) is 0 Å². The second-order valence-electron chi connectivity index (χ2n) is 4.91. The van der Waals surface area contributed by atoms with Gasteiger partial charge in [-0.25, -0.2) is 0 Å². The molecule has 3 N–H and O–H groups in total. The van der Waals surface area contributed by atoms with Crippen LogP contribution in [0.15, 0.2) is 18.2 Å². The topological polar surface area (TPSA) is 68.0 Å². The molecule has 5 nitrogen and oxygen atoms in total. The Morgan fingerprint density at radius 2 is 1.71 bits per heavy atom. The molecular weight excluding hydrogens is 268 g/mol. The van der Waals surface area contributed by atoms with Crippen molar-refractivity contribution in [2.24, 2.45) is 5.73 Å². The lowest BCUT2D eigenvalue weighted by atomic mass is 10.1. The van der Waals surface area contributed by atoms with Crippen LogP contribution in [0.5, 0.6) is 5.75 Å². The number of benzene rings is 1. The minimum atomic E-state index is -0.181. The van der Waals surface area contributed by atoms with E-state index in [0.717, 1.165) is 24.3 Å². The highest BCUT2D eigenvalue weighted by atomic mass is 16.5. The molecule has 1 atom stereocenters. The molecule has 0 spiro atoms. The number of anilines is 1. The van der Waals surface area contributed by atoms with E-state index in [0.29, 0.717) is 26.4 Å². The molecule has 0 aliphatic rings. The highest BCUT2D eigenvalue weighted by Gasteiger charge is 2.11. The number of hydrogen-bond acceptors (Lipinski definition) is 5. The SMILES string of the molecule is CCOCCN(CCOCC)c1ccc(C(C)N)c(O)c1. The van der Waals surface area contributed by atoms with Crippen molar-refractivity contribution in [3.05, 3.63) is 23.8 Å². The summed E-state index contributed by atoms with van der Waals surface area (Å²) in [5, 5.41) is 10.1. The highest BCUT2D eigenvalue weighted by molar-refractivity contribution is 5.54. The first-order valence-electron chi connectivity index (χ1n) is 7.59. The van der Waals surface area contributed by atoms with E-state index in [1.54, 1.807) is 6.07 Å². The quantitative estimate of drug-likeness (QED) is 0.648. The van der Waals surface area contributed by atoms with E-state index < -0.39 is 0 Å². The van der Waals surface area contributed by atoms with Crippen LogP contribution in [-0.4, -0.2) is 44.6 Å². The van der Waals surface area contributed by atoms with Gasteiger partial charge in [0.05, 0.1) is 13.2 Å². The lowest BCUT2D eigenvalue weighted by Crippen LogP contribution is -2.31. The summed E-state index contributed by atoms with van der Waals surface area (Å²) in [6.07, 6.45) is 0. The molecule has 0 heterocycles. The summed E-state index contributed by atoms with van der Waals surface area (Å²) in [5.41, 5.74) is 7.54.